The number of amides is 1. The third-order valence-electron chi connectivity index (χ3n) is 4.32. The summed E-state index contributed by atoms with van der Waals surface area (Å²) in [5, 5.41) is 7.20. The highest BCUT2D eigenvalue weighted by Crippen LogP contribution is 2.35. The Kier molecular flexibility index (Phi) is 5.01. The Labute approximate surface area is 160 Å². The van der Waals surface area contributed by atoms with E-state index >= 15 is 0 Å². The minimum atomic E-state index is -0.258. The van der Waals surface area contributed by atoms with Crippen LogP contribution >= 0.6 is 0 Å². The van der Waals surface area contributed by atoms with E-state index in [1.54, 1.807) is 24.5 Å². The van der Waals surface area contributed by atoms with Gasteiger partial charge < -0.3 is 14.8 Å². The Morgan fingerprint density at radius 2 is 1.89 bits per heavy atom. The van der Waals surface area contributed by atoms with Gasteiger partial charge in [0, 0.05) is 37.0 Å². The number of benzene rings is 1. The van der Waals surface area contributed by atoms with Crippen molar-refractivity contribution >= 4 is 5.91 Å². The third-order valence-corrected chi connectivity index (χ3v) is 4.32. The molecular formula is C20H18N4O4. The smallest absolute Gasteiger partial charge is 0.266 e. The average Bonchev–Trinajstić information content (AvgIpc) is 3.20. The van der Waals surface area contributed by atoms with Gasteiger partial charge in [-0.05, 0) is 42.0 Å². The van der Waals surface area contributed by atoms with E-state index in [1.807, 2.05) is 24.3 Å². The molecule has 1 aliphatic rings. The number of carbonyl (C=O) groups excluding carboxylic acids is 1. The molecule has 1 aromatic carbocycles. The maximum atomic E-state index is 12.1. The van der Waals surface area contributed by atoms with Crippen molar-refractivity contribution in [1.82, 2.24) is 20.1 Å². The molecule has 3 heterocycles. The highest BCUT2D eigenvalue weighted by atomic mass is 16.7. The van der Waals surface area contributed by atoms with Crippen LogP contribution in [-0.2, 0) is 17.9 Å². The molecule has 0 aliphatic carbocycles. The minimum Gasteiger partial charge on any atom is -0.454 e. The molecule has 2 aromatic heterocycles. The van der Waals surface area contributed by atoms with E-state index in [0.29, 0.717) is 23.7 Å². The first-order chi connectivity index (χ1) is 13.7. The fourth-order valence-electron chi connectivity index (χ4n) is 2.82. The van der Waals surface area contributed by atoms with Crippen molar-refractivity contribution in [3.8, 4) is 22.8 Å². The van der Waals surface area contributed by atoms with Crippen LogP contribution in [0.4, 0.5) is 0 Å². The zero-order valence-electron chi connectivity index (χ0n) is 15.0. The lowest BCUT2D eigenvalue weighted by atomic mass is 10.1. The second-order valence-corrected chi connectivity index (χ2v) is 6.23. The molecule has 1 amide bonds. The molecule has 0 atom stereocenters. The SMILES string of the molecule is O=C(CCn1nc(-c2ccc3c(c2)OCO3)ccc1=O)NCc1ccncc1. The number of pyridine rings is 1. The quantitative estimate of drug-likeness (QED) is 0.702. The largest absolute Gasteiger partial charge is 0.454 e. The van der Waals surface area contributed by atoms with Crippen LogP contribution in [0, 0.1) is 0 Å². The fraction of sp³-hybridized carbons (Fsp3) is 0.200. The second-order valence-electron chi connectivity index (χ2n) is 6.23. The Morgan fingerprint density at radius 1 is 1.07 bits per heavy atom. The molecule has 0 fully saturated rings. The zero-order chi connectivity index (χ0) is 19.3. The summed E-state index contributed by atoms with van der Waals surface area (Å²) in [7, 11) is 0. The van der Waals surface area contributed by atoms with Gasteiger partial charge in [0.05, 0.1) is 12.2 Å². The lowest BCUT2D eigenvalue weighted by Gasteiger charge is -2.08. The van der Waals surface area contributed by atoms with Crippen LogP contribution in [-0.4, -0.2) is 27.5 Å². The molecule has 8 nitrogen and oxygen atoms in total. The maximum absolute atomic E-state index is 12.1. The third kappa shape index (κ3) is 4.01. The minimum absolute atomic E-state index is 0.154. The first-order valence-electron chi connectivity index (χ1n) is 8.83. The topological polar surface area (TPSA) is 95.3 Å². The van der Waals surface area contributed by atoms with Gasteiger partial charge in [-0.2, -0.15) is 5.10 Å². The highest BCUT2D eigenvalue weighted by molar-refractivity contribution is 5.75. The van der Waals surface area contributed by atoms with Gasteiger partial charge in [-0.3, -0.25) is 14.6 Å². The number of hydrogen-bond donors (Lipinski definition) is 1. The molecule has 0 spiro atoms. The first kappa shape index (κ1) is 17.7. The summed E-state index contributed by atoms with van der Waals surface area (Å²) in [5.74, 6) is 1.18. The van der Waals surface area contributed by atoms with E-state index in [4.69, 9.17) is 9.47 Å². The van der Waals surface area contributed by atoms with Gasteiger partial charge in [0.1, 0.15) is 0 Å². The van der Waals surface area contributed by atoms with E-state index in [2.05, 4.69) is 15.4 Å². The molecule has 142 valence electrons. The molecule has 8 heteroatoms. The van der Waals surface area contributed by atoms with E-state index in [0.717, 1.165) is 11.1 Å². The Bertz CT molecular complexity index is 1050. The van der Waals surface area contributed by atoms with Crippen molar-refractivity contribution in [2.24, 2.45) is 0 Å². The lowest BCUT2D eigenvalue weighted by molar-refractivity contribution is -0.121. The molecule has 0 unspecified atom stereocenters. The van der Waals surface area contributed by atoms with Crippen LogP contribution in [0.3, 0.4) is 0 Å². The van der Waals surface area contributed by atoms with Gasteiger partial charge in [0.15, 0.2) is 11.5 Å². The van der Waals surface area contributed by atoms with Crippen LogP contribution in [0.1, 0.15) is 12.0 Å². The summed E-state index contributed by atoms with van der Waals surface area (Å²) in [6.07, 6.45) is 3.50. The second kappa shape index (κ2) is 7.91. The molecular weight excluding hydrogens is 360 g/mol. The molecule has 0 saturated carbocycles. The van der Waals surface area contributed by atoms with Crippen molar-refractivity contribution in [2.45, 2.75) is 19.5 Å². The number of nitrogens with zero attached hydrogens (tertiary/aromatic N) is 3. The number of ether oxygens (including phenoxy) is 2. The molecule has 4 rings (SSSR count). The Balaban J connectivity index is 1.41. The van der Waals surface area contributed by atoms with Crippen LogP contribution in [0.15, 0.2) is 59.7 Å². The van der Waals surface area contributed by atoms with Crippen molar-refractivity contribution < 1.29 is 14.3 Å². The molecule has 28 heavy (non-hydrogen) atoms. The van der Waals surface area contributed by atoms with E-state index in [9.17, 15) is 9.59 Å². The Hall–Kier alpha value is -3.68. The molecule has 0 bridgehead atoms. The lowest BCUT2D eigenvalue weighted by Crippen LogP contribution is -2.28. The molecule has 0 radical (unpaired) electrons. The summed E-state index contributed by atoms with van der Waals surface area (Å²) in [4.78, 5) is 28.1. The maximum Gasteiger partial charge on any atom is 0.266 e. The van der Waals surface area contributed by atoms with Crippen molar-refractivity contribution in [3.05, 3.63) is 70.8 Å². The number of hydrogen-bond acceptors (Lipinski definition) is 6. The first-order valence-corrected chi connectivity index (χ1v) is 8.83. The Morgan fingerprint density at radius 3 is 2.75 bits per heavy atom. The summed E-state index contributed by atoms with van der Waals surface area (Å²) in [6.45, 7) is 0.806. The average molecular weight is 378 g/mol. The molecule has 3 aromatic rings. The van der Waals surface area contributed by atoms with E-state index in [-0.39, 0.29) is 31.2 Å². The van der Waals surface area contributed by atoms with Crippen LogP contribution < -0.4 is 20.3 Å². The van der Waals surface area contributed by atoms with Gasteiger partial charge in [-0.15, -0.1) is 0 Å². The summed E-state index contributed by atoms with van der Waals surface area (Å²) >= 11 is 0. The van der Waals surface area contributed by atoms with Gasteiger partial charge in [0.25, 0.3) is 5.56 Å². The summed E-state index contributed by atoms with van der Waals surface area (Å²) < 4.78 is 12.0. The monoisotopic (exact) mass is 378 g/mol. The van der Waals surface area contributed by atoms with Crippen LogP contribution in [0.25, 0.3) is 11.3 Å². The van der Waals surface area contributed by atoms with Crippen molar-refractivity contribution in [1.29, 1.82) is 0 Å². The highest BCUT2D eigenvalue weighted by Gasteiger charge is 2.15. The summed E-state index contributed by atoms with van der Waals surface area (Å²) in [5.41, 5.74) is 2.13. The van der Waals surface area contributed by atoms with E-state index < -0.39 is 0 Å². The van der Waals surface area contributed by atoms with Crippen molar-refractivity contribution in [2.75, 3.05) is 6.79 Å². The standard InChI is InChI=1S/C20H18N4O4/c25-19(22-12-14-5-8-21-9-6-14)7-10-24-20(26)4-2-16(23-24)15-1-3-17-18(11-15)28-13-27-17/h1-6,8-9,11H,7,10,12-13H2,(H,22,25). The number of aromatic nitrogens is 3. The van der Waals surface area contributed by atoms with Crippen LogP contribution in [0.5, 0.6) is 11.5 Å². The number of nitrogens with one attached hydrogen (secondary N) is 1. The van der Waals surface area contributed by atoms with Gasteiger partial charge in [-0.25, -0.2) is 4.68 Å². The summed E-state index contributed by atoms with van der Waals surface area (Å²) in [6, 6.07) is 12.2. The van der Waals surface area contributed by atoms with Crippen molar-refractivity contribution in [3.63, 3.8) is 0 Å². The number of rotatable bonds is 6. The zero-order valence-corrected chi connectivity index (χ0v) is 15.0. The number of aryl methyl sites for hydroxylation is 1. The fourth-order valence-corrected chi connectivity index (χ4v) is 2.82. The number of carbonyl (C=O) groups is 1. The van der Waals surface area contributed by atoms with Gasteiger partial charge in [-0.1, -0.05) is 0 Å². The predicted molar refractivity (Wildman–Crippen MR) is 101 cm³/mol. The van der Waals surface area contributed by atoms with Gasteiger partial charge in [0.2, 0.25) is 12.7 Å². The predicted octanol–water partition coefficient (Wildman–Crippen LogP) is 1.74. The normalized spacial score (nSPS) is 12.0. The molecule has 1 aliphatic heterocycles. The number of fused-ring (bicyclic) bond motifs is 1. The van der Waals surface area contributed by atoms with E-state index in [1.165, 1.54) is 10.7 Å². The molecule has 0 saturated heterocycles. The van der Waals surface area contributed by atoms with Gasteiger partial charge >= 0.3 is 0 Å². The van der Waals surface area contributed by atoms with Crippen LogP contribution in [0.2, 0.25) is 0 Å². The molecule has 1 N–H and O–H groups in total.